The Labute approximate surface area is 96.5 Å². The molecule has 0 heterocycles. The van der Waals surface area contributed by atoms with Crippen molar-refractivity contribution in [1.82, 2.24) is 0 Å². The maximum absolute atomic E-state index is 5.34. The van der Waals surface area contributed by atoms with Gasteiger partial charge in [-0.1, -0.05) is 18.2 Å². The summed E-state index contributed by atoms with van der Waals surface area (Å²) in [4.78, 5) is 0. The molecule has 1 rings (SSSR count). The Balaban J connectivity index is 1.96. The summed E-state index contributed by atoms with van der Waals surface area (Å²) in [5.74, 6) is 0. The van der Waals surface area contributed by atoms with E-state index in [1.807, 2.05) is 37.3 Å². The average Bonchev–Trinajstić information content (AvgIpc) is 2.34. The van der Waals surface area contributed by atoms with Crippen LogP contribution in [0.4, 0.5) is 5.69 Å². The molecule has 0 bridgehead atoms. The molecule has 0 saturated heterocycles. The highest BCUT2D eigenvalue weighted by atomic mass is 16.7. The zero-order valence-electron chi connectivity index (χ0n) is 9.81. The van der Waals surface area contributed by atoms with Gasteiger partial charge in [0.2, 0.25) is 0 Å². The molecule has 1 N–H and O–H groups in total. The van der Waals surface area contributed by atoms with Crippen molar-refractivity contribution in [2.24, 2.45) is 0 Å². The molecule has 1 unspecified atom stereocenters. The summed E-state index contributed by atoms with van der Waals surface area (Å²) in [5.41, 5.74) is 1.05. The smallest absolute Gasteiger partial charge is 0.154 e. The average molecular weight is 225 g/mol. The van der Waals surface area contributed by atoms with Gasteiger partial charge in [-0.3, -0.25) is 0 Å². The van der Waals surface area contributed by atoms with Crippen molar-refractivity contribution >= 4 is 5.69 Å². The molecule has 1 atom stereocenters. The van der Waals surface area contributed by atoms with Gasteiger partial charge in [0.1, 0.15) is 6.73 Å². The topological polar surface area (TPSA) is 39.7 Å². The first-order valence-corrected chi connectivity index (χ1v) is 5.34. The summed E-state index contributed by atoms with van der Waals surface area (Å²) in [7, 11) is 1.61. The van der Waals surface area contributed by atoms with Crippen LogP contribution in [0.5, 0.6) is 0 Å². The maximum Gasteiger partial charge on any atom is 0.154 e. The Hall–Kier alpha value is -1.10. The molecule has 0 fully saturated rings. The fourth-order valence-corrected chi connectivity index (χ4v) is 1.10. The summed E-state index contributed by atoms with van der Waals surface area (Å²) in [6.07, 6.45) is -0.175. The fourth-order valence-electron chi connectivity index (χ4n) is 1.10. The molecule has 4 heteroatoms. The molecular formula is C12H19NO3. The Kier molecular flexibility index (Phi) is 6.56. The van der Waals surface area contributed by atoms with Crippen LogP contribution in [0.2, 0.25) is 0 Å². The zero-order valence-corrected chi connectivity index (χ0v) is 9.81. The highest BCUT2D eigenvalue weighted by molar-refractivity contribution is 5.41. The minimum atomic E-state index is -0.175. The van der Waals surface area contributed by atoms with Crippen molar-refractivity contribution in [2.45, 2.75) is 13.2 Å². The summed E-state index contributed by atoms with van der Waals surface area (Å²) >= 11 is 0. The molecule has 0 spiro atoms. The number of para-hydroxylation sites is 1. The first-order chi connectivity index (χ1) is 7.83. The van der Waals surface area contributed by atoms with Crippen molar-refractivity contribution in [3.8, 4) is 0 Å². The third kappa shape index (κ3) is 5.70. The maximum atomic E-state index is 5.34. The number of hydrogen-bond acceptors (Lipinski definition) is 4. The van der Waals surface area contributed by atoms with Crippen LogP contribution in [0.1, 0.15) is 6.92 Å². The van der Waals surface area contributed by atoms with Gasteiger partial charge in [0.05, 0.1) is 13.2 Å². The van der Waals surface area contributed by atoms with Gasteiger partial charge in [-0.05, 0) is 19.1 Å². The van der Waals surface area contributed by atoms with Gasteiger partial charge in [0.15, 0.2) is 6.29 Å². The summed E-state index contributed by atoms with van der Waals surface area (Å²) < 4.78 is 15.5. The van der Waals surface area contributed by atoms with E-state index in [-0.39, 0.29) is 6.29 Å². The second-order valence-corrected chi connectivity index (χ2v) is 3.27. The molecule has 4 nitrogen and oxygen atoms in total. The number of methoxy groups -OCH3 is 1. The largest absolute Gasteiger partial charge is 0.363 e. The Morgan fingerprint density at radius 3 is 2.62 bits per heavy atom. The van der Waals surface area contributed by atoms with Crippen LogP contribution in [-0.4, -0.2) is 33.3 Å². The lowest BCUT2D eigenvalue weighted by Gasteiger charge is -2.11. The Morgan fingerprint density at radius 1 is 1.19 bits per heavy atom. The van der Waals surface area contributed by atoms with Crippen molar-refractivity contribution in [3.05, 3.63) is 30.3 Å². The molecule has 16 heavy (non-hydrogen) atoms. The minimum absolute atomic E-state index is 0.175. The molecule has 0 aromatic heterocycles. The molecule has 1 aromatic rings. The monoisotopic (exact) mass is 225 g/mol. The normalized spacial score (nSPS) is 12.4. The standard InChI is InChI=1S/C12H19NO3/c1-11(14-2)16-9-8-15-10-13-12-6-4-3-5-7-12/h3-7,11,13H,8-10H2,1-2H3. The Bertz CT molecular complexity index is 266. The van der Waals surface area contributed by atoms with Crippen molar-refractivity contribution in [3.63, 3.8) is 0 Å². The van der Waals surface area contributed by atoms with Gasteiger partial charge >= 0.3 is 0 Å². The van der Waals surface area contributed by atoms with Crippen LogP contribution in [0.25, 0.3) is 0 Å². The number of hydrogen-bond donors (Lipinski definition) is 1. The SMILES string of the molecule is COC(C)OCCOCNc1ccccc1. The van der Waals surface area contributed by atoms with Crippen LogP contribution in [-0.2, 0) is 14.2 Å². The first-order valence-electron chi connectivity index (χ1n) is 5.34. The molecule has 0 aliphatic carbocycles. The van der Waals surface area contributed by atoms with E-state index in [4.69, 9.17) is 14.2 Å². The second-order valence-electron chi connectivity index (χ2n) is 3.27. The van der Waals surface area contributed by atoms with Crippen LogP contribution >= 0.6 is 0 Å². The quantitative estimate of drug-likeness (QED) is 0.543. The van der Waals surface area contributed by atoms with Crippen LogP contribution in [0.3, 0.4) is 0 Å². The lowest BCUT2D eigenvalue weighted by Crippen LogP contribution is -2.16. The zero-order chi connectivity index (χ0) is 11.6. The van der Waals surface area contributed by atoms with Gasteiger partial charge in [0, 0.05) is 12.8 Å². The van der Waals surface area contributed by atoms with E-state index in [1.165, 1.54) is 0 Å². The molecular weight excluding hydrogens is 206 g/mol. The third-order valence-corrected chi connectivity index (χ3v) is 2.06. The van der Waals surface area contributed by atoms with E-state index in [0.29, 0.717) is 19.9 Å². The van der Waals surface area contributed by atoms with Gasteiger partial charge < -0.3 is 19.5 Å². The van der Waals surface area contributed by atoms with Crippen molar-refractivity contribution < 1.29 is 14.2 Å². The second kappa shape index (κ2) is 8.10. The van der Waals surface area contributed by atoms with Gasteiger partial charge in [0.25, 0.3) is 0 Å². The minimum Gasteiger partial charge on any atom is -0.363 e. The predicted octanol–water partition coefficient (Wildman–Crippen LogP) is 2.08. The van der Waals surface area contributed by atoms with Crippen LogP contribution in [0.15, 0.2) is 30.3 Å². The van der Waals surface area contributed by atoms with E-state index >= 15 is 0 Å². The summed E-state index contributed by atoms with van der Waals surface area (Å²) in [5, 5.41) is 3.14. The molecule has 0 saturated carbocycles. The van der Waals surface area contributed by atoms with E-state index in [1.54, 1.807) is 7.11 Å². The number of benzene rings is 1. The molecule has 0 aliphatic heterocycles. The van der Waals surface area contributed by atoms with E-state index in [0.717, 1.165) is 5.69 Å². The first kappa shape index (κ1) is 13.0. The molecule has 0 aliphatic rings. The van der Waals surface area contributed by atoms with Gasteiger partial charge in [-0.2, -0.15) is 0 Å². The highest BCUT2D eigenvalue weighted by Gasteiger charge is 1.97. The van der Waals surface area contributed by atoms with Crippen LogP contribution in [0, 0.1) is 0 Å². The number of nitrogens with one attached hydrogen (secondary N) is 1. The Morgan fingerprint density at radius 2 is 1.94 bits per heavy atom. The van der Waals surface area contributed by atoms with Crippen molar-refractivity contribution in [2.75, 3.05) is 32.4 Å². The number of anilines is 1. The molecule has 0 radical (unpaired) electrons. The van der Waals surface area contributed by atoms with Gasteiger partial charge in [-0.25, -0.2) is 0 Å². The number of ether oxygens (including phenoxy) is 3. The summed E-state index contributed by atoms with van der Waals surface area (Å²) in [6, 6.07) is 9.92. The fraction of sp³-hybridized carbons (Fsp3) is 0.500. The van der Waals surface area contributed by atoms with Gasteiger partial charge in [-0.15, -0.1) is 0 Å². The summed E-state index contributed by atoms with van der Waals surface area (Å²) in [6.45, 7) is 3.41. The lowest BCUT2D eigenvalue weighted by molar-refractivity contribution is -0.121. The predicted molar refractivity (Wildman–Crippen MR) is 63.3 cm³/mol. The van der Waals surface area contributed by atoms with Crippen molar-refractivity contribution in [1.29, 1.82) is 0 Å². The highest BCUT2D eigenvalue weighted by Crippen LogP contribution is 2.03. The molecule has 0 amide bonds. The molecule has 1 aromatic carbocycles. The van der Waals surface area contributed by atoms with E-state index < -0.39 is 0 Å². The number of rotatable bonds is 8. The molecule has 90 valence electrons. The van der Waals surface area contributed by atoms with E-state index in [9.17, 15) is 0 Å². The lowest BCUT2D eigenvalue weighted by atomic mass is 10.3. The van der Waals surface area contributed by atoms with E-state index in [2.05, 4.69) is 5.32 Å². The van der Waals surface area contributed by atoms with Crippen LogP contribution < -0.4 is 5.32 Å². The third-order valence-electron chi connectivity index (χ3n) is 2.06.